The average molecular weight is 458 g/mol. The first-order valence-electron chi connectivity index (χ1n) is 9.94. The molecule has 3 aromatic rings. The first kappa shape index (κ1) is 23.4. The van der Waals surface area contributed by atoms with Gasteiger partial charge in [0.05, 0.1) is 10.5 Å². The van der Waals surface area contributed by atoms with Crippen molar-refractivity contribution in [2.24, 2.45) is 0 Å². The Hall–Kier alpha value is -3.23. The molecule has 0 bridgehead atoms. The van der Waals surface area contributed by atoms with Crippen LogP contribution in [-0.4, -0.2) is 26.0 Å². The Kier molecular flexibility index (Phi) is 6.96. The van der Waals surface area contributed by atoms with Gasteiger partial charge in [-0.05, 0) is 91.9 Å². The molecule has 0 atom stereocenters. The number of rotatable bonds is 8. The third-order valence-corrected chi connectivity index (χ3v) is 6.62. The number of carboxylic acids is 1. The number of benzene rings is 3. The van der Waals surface area contributed by atoms with Gasteiger partial charge in [-0.1, -0.05) is 12.1 Å². The fourth-order valence-corrected chi connectivity index (χ4v) is 4.30. The fourth-order valence-electron chi connectivity index (χ4n) is 3.16. The van der Waals surface area contributed by atoms with Gasteiger partial charge in [0.1, 0.15) is 17.3 Å². The van der Waals surface area contributed by atoms with Crippen LogP contribution in [0.5, 0.6) is 11.5 Å². The highest BCUT2D eigenvalue weighted by molar-refractivity contribution is 7.89. The van der Waals surface area contributed by atoms with E-state index in [9.17, 15) is 22.7 Å². The molecule has 0 aliphatic heterocycles. The van der Waals surface area contributed by atoms with E-state index in [2.05, 4.69) is 4.72 Å². The standard InChI is InChI=1S/C24H24FNO5S/c1-15-13-21(14-22(17(15)3)24(27)28)32(29,30)26-11-10-18-4-6-19(7-5-18)31-20-8-9-23(25)16(2)12-20/h4-9,12-14,26H,10-11H2,1-3H3,(H,27,28). The zero-order valence-corrected chi connectivity index (χ0v) is 18.8. The van der Waals surface area contributed by atoms with E-state index >= 15 is 0 Å². The minimum Gasteiger partial charge on any atom is -0.478 e. The summed E-state index contributed by atoms with van der Waals surface area (Å²) in [5.41, 5.74) is 2.48. The van der Waals surface area contributed by atoms with E-state index in [0.29, 0.717) is 34.6 Å². The summed E-state index contributed by atoms with van der Waals surface area (Å²) in [6, 6.07) is 14.3. The molecule has 3 aromatic carbocycles. The fraction of sp³-hybridized carbons (Fsp3) is 0.208. The maximum Gasteiger partial charge on any atom is 0.336 e. The summed E-state index contributed by atoms with van der Waals surface area (Å²) in [6.45, 7) is 5.13. The van der Waals surface area contributed by atoms with E-state index in [0.717, 1.165) is 5.56 Å². The number of carboxylic acid groups (broad SMARTS) is 1. The number of sulfonamides is 1. The molecule has 0 radical (unpaired) electrons. The smallest absolute Gasteiger partial charge is 0.336 e. The lowest BCUT2D eigenvalue weighted by Gasteiger charge is -2.11. The SMILES string of the molecule is Cc1cc(Oc2ccc(CCNS(=O)(=O)c3cc(C)c(C)c(C(=O)O)c3)cc2)ccc1F. The highest BCUT2D eigenvalue weighted by Gasteiger charge is 2.19. The summed E-state index contributed by atoms with van der Waals surface area (Å²) in [5.74, 6) is -0.355. The molecule has 0 fully saturated rings. The molecule has 6 nitrogen and oxygen atoms in total. The molecule has 168 valence electrons. The number of ether oxygens (including phenoxy) is 1. The van der Waals surface area contributed by atoms with Gasteiger partial charge in [0.15, 0.2) is 0 Å². The highest BCUT2D eigenvalue weighted by Crippen LogP contribution is 2.24. The zero-order chi connectivity index (χ0) is 23.5. The molecule has 0 heterocycles. The average Bonchev–Trinajstić information content (AvgIpc) is 2.73. The van der Waals surface area contributed by atoms with Gasteiger partial charge in [0.25, 0.3) is 0 Å². The summed E-state index contributed by atoms with van der Waals surface area (Å²) in [4.78, 5) is 11.3. The van der Waals surface area contributed by atoms with Crippen LogP contribution >= 0.6 is 0 Å². The maximum atomic E-state index is 13.4. The molecule has 0 unspecified atom stereocenters. The maximum absolute atomic E-state index is 13.4. The van der Waals surface area contributed by atoms with Crippen LogP contribution in [0.25, 0.3) is 0 Å². The normalized spacial score (nSPS) is 11.4. The van der Waals surface area contributed by atoms with Gasteiger partial charge in [-0.25, -0.2) is 22.3 Å². The second-order valence-corrected chi connectivity index (χ2v) is 9.29. The Morgan fingerprint density at radius 1 is 0.969 bits per heavy atom. The van der Waals surface area contributed by atoms with Gasteiger partial charge in [-0.3, -0.25) is 0 Å². The van der Waals surface area contributed by atoms with E-state index in [1.54, 1.807) is 45.0 Å². The summed E-state index contributed by atoms with van der Waals surface area (Å²) in [7, 11) is -3.85. The van der Waals surface area contributed by atoms with Crippen molar-refractivity contribution < 1.29 is 27.4 Å². The van der Waals surface area contributed by atoms with Crippen LogP contribution in [0.15, 0.2) is 59.5 Å². The summed E-state index contributed by atoms with van der Waals surface area (Å²) >= 11 is 0. The van der Waals surface area contributed by atoms with Crippen molar-refractivity contribution in [2.75, 3.05) is 6.54 Å². The molecule has 0 aromatic heterocycles. The summed E-state index contributed by atoms with van der Waals surface area (Å²) < 4.78 is 46.8. The van der Waals surface area contributed by atoms with Crippen LogP contribution in [0.2, 0.25) is 0 Å². The predicted octanol–water partition coefficient (Wildman–Crippen LogP) is 4.76. The molecule has 8 heteroatoms. The summed E-state index contributed by atoms with van der Waals surface area (Å²) in [6.07, 6.45) is 0.436. The van der Waals surface area contributed by atoms with Crippen LogP contribution in [0, 0.1) is 26.6 Å². The van der Waals surface area contributed by atoms with Crippen molar-refractivity contribution >= 4 is 16.0 Å². The molecule has 3 rings (SSSR count). The van der Waals surface area contributed by atoms with Crippen molar-refractivity contribution in [3.63, 3.8) is 0 Å². The Balaban J connectivity index is 1.62. The minimum absolute atomic E-state index is 0.0303. The Bertz CT molecular complexity index is 1250. The lowest BCUT2D eigenvalue weighted by molar-refractivity contribution is 0.0695. The van der Waals surface area contributed by atoms with Crippen LogP contribution < -0.4 is 9.46 Å². The molecule has 0 spiro atoms. The van der Waals surface area contributed by atoms with Crippen molar-refractivity contribution in [1.29, 1.82) is 0 Å². The van der Waals surface area contributed by atoms with Crippen LogP contribution in [0.4, 0.5) is 4.39 Å². The monoisotopic (exact) mass is 457 g/mol. The molecule has 0 amide bonds. The minimum atomic E-state index is -3.85. The first-order chi connectivity index (χ1) is 15.1. The van der Waals surface area contributed by atoms with E-state index in [4.69, 9.17) is 4.74 Å². The quantitative estimate of drug-likeness (QED) is 0.509. The lowest BCUT2D eigenvalue weighted by atomic mass is 10.0. The molecule has 32 heavy (non-hydrogen) atoms. The topological polar surface area (TPSA) is 92.7 Å². The largest absolute Gasteiger partial charge is 0.478 e. The van der Waals surface area contributed by atoms with Gasteiger partial charge in [0.2, 0.25) is 10.0 Å². The van der Waals surface area contributed by atoms with Gasteiger partial charge >= 0.3 is 5.97 Å². The number of hydrogen-bond acceptors (Lipinski definition) is 4. The second-order valence-electron chi connectivity index (χ2n) is 7.52. The third kappa shape index (κ3) is 5.52. The number of hydrogen-bond donors (Lipinski definition) is 2. The van der Waals surface area contributed by atoms with Crippen molar-refractivity contribution in [3.05, 3.63) is 88.2 Å². The van der Waals surface area contributed by atoms with Crippen LogP contribution in [0.3, 0.4) is 0 Å². The van der Waals surface area contributed by atoms with Gasteiger partial charge in [-0.2, -0.15) is 0 Å². The number of halogens is 1. The van der Waals surface area contributed by atoms with Crippen LogP contribution in [-0.2, 0) is 16.4 Å². The first-order valence-corrected chi connectivity index (χ1v) is 11.4. The van der Waals surface area contributed by atoms with Crippen molar-refractivity contribution in [2.45, 2.75) is 32.1 Å². The van der Waals surface area contributed by atoms with Crippen molar-refractivity contribution in [3.8, 4) is 11.5 Å². The molecule has 0 saturated heterocycles. The highest BCUT2D eigenvalue weighted by atomic mass is 32.2. The number of aryl methyl sites for hydroxylation is 2. The third-order valence-electron chi connectivity index (χ3n) is 5.18. The van der Waals surface area contributed by atoms with Crippen LogP contribution in [0.1, 0.15) is 32.6 Å². The molecule has 0 aliphatic rings. The molecule has 0 saturated carbocycles. The molecule has 2 N–H and O–H groups in total. The Morgan fingerprint density at radius 2 is 1.62 bits per heavy atom. The number of aromatic carboxylic acids is 1. The van der Waals surface area contributed by atoms with E-state index in [1.165, 1.54) is 18.2 Å². The predicted molar refractivity (Wildman–Crippen MR) is 119 cm³/mol. The Labute approximate surface area is 186 Å². The van der Waals surface area contributed by atoms with Gasteiger partial charge in [0, 0.05) is 6.54 Å². The van der Waals surface area contributed by atoms with Gasteiger partial charge < -0.3 is 9.84 Å². The van der Waals surface area contributed by atoms with E-state index in [-0.39, 0.29) is 22.8 Å². The lowest BCUT2D eigenvalue weighted by Crippen LogP contribution is -2.26. The number of carbonyl (C=O) groups is 1. The van der Waals surface area contributed by atoms with Crippen molar-refractivity contribution in [1.82, 2.24) is 4.72 Å². The van der Waals surface area contributed by atoms with E-state index in [1.807, 2.05) is 12.1 Å². The van der Waals surface area contributed by atoms with E-state index < -0.39 is 16.0 Å². The molecular formula is C24H24FNO5S. The molecule has 0 aliphatic carbocycles. The zero-order valence-electron chi connectivity index (χ0n) is 18.0. The number of nitrogens with one attached hydrogen (secondary N) is 1. The van der Waals surface area contributed by atoms with Gasteiger partial charge in [-0.15, -0.1) is 0 Å². The summed E-state index contributed by atoms with van der Waals surface area (Å²) in [5, 5.41) is 9.30. The second kappa shape index (κ2) is 9.50. The Morgan fingerprint density at radius 3 is 2.25 bits per heavy atom. The molecular weight excluding hydrogens is 433 g/mol.